The summed E-state index contributed by atoms with van der Waals surface area (Å²) < 4.78 is 38.4. The van der Waals surface area contributed by atoms with Crippen molar-refractivity contribution in [2.24, 2.45) is 5.92 Å². The molecule has 1 aliphatic rings. The number of aliphatic hydroxyl groups is 1. The number of amides is 2. The average Bonchev–Trinajstić information content (AvgIpc) is 2.80. The number of rotatable bonds is 10. The van der Waals surface area contributed by atoms with Crippen LogP contribution in [0.25, 0.3) is 0 Å². The smallest absolute Gasteiger partial charge is 0.326 e. The number of nitrogens with one attached hydrogen (secondary N) is 2. The third kappa shape index (κ3) is 7.14. The van der Waals surface area contributed by atoms with Gasteiger partial charge in [0.25, 0.3) is 5.91 Å². The SMILES string of the molecule is CC(C)[C@H](NC(=O)C[C@H](O)[C@H](Cc1cc(F)cc(F)c1)NC(=O)c1ccc2c(c1)OCCO2)C(=O)O. The number of halogens is 2. The first kappa shape index (κ1) is 26.9. The minimum absolute atomic E-state index is 0.144. The van der Waals surface area contributed by atoms with Crippen LogP contribution in [0.4, 0.5) is 8.78 Å². The fraction of sp³-hybridized carbons (Fsp3) is 0.400. The minimum Gasteiger partial charge on any atom is -0.486 e. The van der Waals surface area contributed by atoms with Crippen molar-refractivity contribution in [1.82, 2.24) is 10.6 Å². The molecular weight excluding hydrogens is 478 g/mol. The average molecular weight is 507 g/mol. The lowest BCUT2D eigenvalue weighted by Crippen LogP contribution is -2.49. The van der Waals surface area contributed by atoms with E-state index in [1.807, 2.05) is 0 Å². The summed E-state index contributed by atoms with van der Waals surface area (Å²) >= 11 is 0. The van der Waals surface area contributed by atoms with E-state index in [9.17, 15) is 33.4 Å². The monoisotopic (exact) mass is 506 g/mol. The Balaban J connectivity index is 1.78. The maximum Gasteiger partial charge on any atom is 0.326 e. The van der Waals surface area contributed by atoms with Crippen LogP contribution in [0.2, 0.25) is 0 Å². The molecule has 0 fully saturated rings. The van der Waals surface area contributed by atoms with E-state index in [2.05, 4.69) is 10.6 Å². The summed E-state index contributed by atoms with van der Waals surface area (Å²) in [5, 5.41) is 25.0. The molecule has 9 nitrogen and oxygen atoms in total. The standard InChI is InChI=1S/C25H28F2N2O7/c1-13(2)23(25(33)34)29-22(31)12-19(30)18(9-14-7-16(26)11-17(27)8-14)28-24(32)15-3-4-20-21(10-15)36-6-5-35-20/h3-4,7-8,10-11,13,18-19,23,30H,5-6,9,12H2,1-2H3,(H,28,32)(H,29,31)(H,33,34)/t18-,19-,23-/m0/s1. The predicted molar refractivity (Wildman–Crippen MR) is 124 cm³/mol. The summed E-state index contributed by atoms with van der Waals surface area (Å²) in [5.41, 5.74) is 0.321. The van der Waals surface area contributed by atoms with Gasteiger partial charge in [-0.15, -0.1) is 0 Å². The fourth-order valence-electron chi connectivity index (χ4n) is 3.78. The van der Waals surface area contributed by atoms with Crippen LogP contribution in [0.5, 0.6) is 11.5 Å². The van der Waals surface area contributed by atoms with E-state index >= 15 is 0 Å². The molecule has 3 atom stereocenters. The Hall–Kier alpha value is -3.73. The Morgan fingerprint density at radius 2 is 1.61 bits per heavy atom. The molecule has 0 spiro atoms. The van der Waals surface area contributed by atoms with Gasteiger partial charge in [-0.05, 0) is 48.2 Å². The highest BCUT2D eigenvalue weighted by atomic mass is 19.1. The van der Waals surface area contributed by atoms with Gasteiger partial charge < -0.3 is 30.3 Å². The van der Waals surface area contributed by atoms with Crippen molar-refractivity contribution in [3.63, 3.8) is 0 Å². The van der Waals surface area contributed by atoms with Crippen LogP contribution in [-0.2, 0) is 16.0 Å². The zero-order chi connectivity index (χ0) is 26.4. The molecule has 0 saturated carbocycles. The van der Waals surface area contributed by atoms with Crippen LogP contribution in [0.15, 0.2) is 36.4 Å². The van der Waals surface area contributed by atoms with E-state index in [4.69, 9.17) is 9.47 Å². The maximum absolute atomic E-state index is 13.7. The molecule has 1 heterocycles. The molecule has 2 aromatic carbocycles. The zero-order valence-corrected chi connectivity index (χ0v) is 19.8. The van der Waals surface area contributed by atoms with Crippen molar-refractivity contribution in [2.75, 3.05) is 13.2 Å². The minimum atomic E-state index is -1.50. The molecule has 194 valence electrons. The zero-order valence-electron chi connectivity index (χ0n) is 19.8. The number of carbonyl (C=O) groups is 3. The Morgan fingerprint density at radius 3 is 2.22 bits per heavy atom. The van der Waals surface area contributed by atoms with E-state index in [1.54, 1.807) is 19.9 Å². The molecule has 0 aromatic heterocycles. The van der Waals surface area contributed by atoms with Gasteiger partial charge in [-0.25, -0.2) is 13.6 Å². The van der Waals surface area contributed by atoms with Gasteiger partial charge in [-0.1, -0.05) is 13.8 Å². The second-order valence-electron chi connectivity index (χ2n) is 8.82. The van der Waals surface area contributed by atoms with Gasteiger partial charge in [0.1, 0.15) is 30.9 Å². The van der Waals surface area contributed by atoms with Crippen molar-refractivity contribution >= 4 is 17.8 Å². The largest absolute Gasteiger partial charge is 0.486 e. The van der Waals surface area contributed by atoms with Gasteiger partial charge in [0.2, 0.25) is 5.91 Å². The van der Waals surface area contributed by atoms with Gasteiger partial charge in [0, 0.05) is 11.6 Å². The summed E-state index contributed by atoms with van der Waals surface area (Å²) in [6.45, 7) is 3.92. The van der Waals surface area contributed by atoms with E-state index in [0.29, 0.717) is 30.8 Å². The van der Waals surface area contributed by atoms with Crippen LogP contribution in [0, 0.1) is 17.6 Å². The first-order chi connectivity index (χ1) is 17.0. The molecule has 11 heteroatoms. The van der Waals surface area contributed by atoms with Crippen LogP contribution >= 0.6 is 0 Å². The Morgan fingerprint density at radius 1 is 0.972 bits per heavy atom. The lowest BCUT2D eigenvalue weighted by atomic mass is 9.97. The highest BCUT2D eigenvalue weighted by Gasteiger charge is 2.29. The normalized spacial score (nSPS) is 15.1. The number of ether oxygens (including phenoxy) is 2. The number of carbonyl (C=O) groups excluding carboxylic acids is 2. The summed E-state index contributed by atoms with van der Waals surface area (Å²) in [6.07, 6.45) is -2.26. The summed E-state index contributed by atoms with van der Waals surface area (Å²) in [5.74, 6) is -3.86. The summed E-state index contributed by atoms with van der Waals surface area (Å²) in [7, 11) is 0. The Labute approximate surface area is 206 Å². The van der Waals surface area contributed by atoms with E-state index in [1.165, 1.54) is 12.1 Å². The van der Waals surface area contributed by atoms with E-state index in [-0.39, 0.29) is 17.5 Å². The molecule has 1 aliphatic heterocycles. The number of hydrogen-bond donors (Lipinski definition) is 4. The van der Waals surface area contributed by atoms with E-state index in [0.717, 1.165) is 12.1 Å². The first-order valence-corrected chi connectivity index (χ1v) is 11.4. The van der Waals surface area contributed by atoms with E-state index < -0.39 is 59.9 Å². The number of aliphatic carboxylic acids is 1. The molecule has 36 heavy (non-hydrogen) atoms. The van der Waals surface area contributed by atoms with Crippen molar-refractivity contribution in [2.45, 2.75) is 44.9 Å². The van der Waals surface area contributed by atoms with Gasteiger partial charge in [0.05, 0.1) is 18.6 Å². The van der Waals surface area contributed by atoms with Crippen LogP contribution < -0.4 is 20.1 Å². The fourth-order valence-corrected chi connectivity index (χ4v) is 3.78. The van der Waals surface area contributed by atoms with Gasteiger partial charge in [0.15, 0.2) is 11.5 Å². The third-order valence-corrected chi connectivity index (χ3v) is 5.61. The first-order valence-electron chi connectivity index (χ1n) is 11.4. The van der Waals surface area contributed by atoms with Crippen LogP contribution in [0.1, 0.15) is 36.2 Å². The highest BCUT2D eigenvalue weighted by Crippen LogP contribution is 2.30. The maximum atomic E-state index is 13.7. The second-order valence-corrected chi connectivity index (χ2v) is 8.82. The van der Waals surface area contributed by atoms with Crippen molar-refractivity contribution in [3.8, 4) is 11.5 Å². The molecule has 0 aliphatic carbocycles. The van der Waals surface area contributed by atoms with Gasteiger partial charge in [-0.3, -0.25) is 9.59 Å². The number of carboxylic acid groups (broad SMARTS) is 1. The molecular formula is C25H28F2N2O7. The molecule has 2 aromatic rings. The number of fused-ring (bicyclic) bond motifs is 1. The third-order valence-electron chi connectivity index (χ3n) is 5.61. The van der Waals surface area contributed by atoms with Crippen LogP contribution in [-0.4, -0.2) is 59.4 Å². The molecule has 2 amide bonds. The number of aliphatic hydroxyl groups excluding tert-OH is 1. The Kier molecular flexibility index (Phi) is 8.81. The van der Waals surface area contributed by atoms with Crippen molar-refractivity contribution in [3.05, 3.63) is 59.2 Å². The lowest BCUT2D eigenvalue weighted by Gasteiger charge is -2.26. The molecule has 4 N–H and O–H groups in total. The molecule has 0 unspecified atom stereocenters. The van der Waals surface area contributed by atoms with Crippen molar-refractivity contribution < 1.29 is 42.9 Å². The molecule has 0 bridgehead atoms. The summed E-state index contributed by atoms with van der Waals surface area (Å²) in [4.78, 5) is 36.8. The number of hydrogen-bond acceptors (Lipinski definition) is 6. The Bertz CT molecular complexity index is 1110. The molecule has 0 radical (unpaired) electrons. The van der Waals surface area contributed by atoms with Gasteiger partial charge >= 0.3 is 5.97 Å². The number of benzene rings is 2. The number of carboxylic acids is 1. The topological polar surface area (TPSA) is 134 Å². The highest BCUT2D eigenvalue weighted by molar-refractivity contribution is 5.95. The quantitative estimate of drug-likeness (QED) is 0.388. The lowest BCUT2D eigenvalue weighted by molar-refractivity contribution is -0.143. The van der Waals surface area contributed by atoms with Crippen molar-refractivity contribution in [1.29, 1.82) is 0 Å². The predicted octanol–water partition coefficient (Wildman–Crippen LogP) is 2.05. The van der Waals surface area contributed by atoms with Crippen LogP contribution in [0.3, 0.4) is 0 Å². The second kappa shape index (κ2) is 11.8. The molecule has 0 saturated heterocycles. The van der Waals surface area contributed by atoms with Gasteiger partial charge in [-0.2, -0.15) is 0 Å². The molecule has 3 rings (SSSR count). The summed E-state index contributed by atoms with van der Waals surface area (Å²) in [6, 6.07) is 4.99.